The van der Waals surface area contributed by atoms with E-state index in [0.717, 1.165) is 5.56 Å². The van der Waals surface area contributed by atoms with Crippen LogP contribution < -0.4 is 10.6 Å². The monoisotopic (exact) mass is 285 g/mol. The fraction of sp³-hybridized carbons (Fsp3) is 0.133. The summed E-state index contributed by atoms with van der Waals surface area (Å²) in [7, 11) is 1.62. The summed E-state index contributed by atoms with van der Waals surface area (Å²) >= 11 is 0. The highest BCUT2D eigenvalue weighted by Crippen LogP contribution is 2.22. The van der Waals surface area contributed by atoms with Crippen LogP contribution in [0.1, 0.15) is 15.9 Å². The van der Waals surface area contributed by atoms with Crippen molar-refractivity contribution in [2.75, 3.05) is 17.7 Å². The average molecular weight is 285 g/mol. The lowest BCUT2D eigenvalue weighted by Gasteiger charge is -2.19. The van der Waals surface area contributed by atoms with E-state index >= 15 is 0 Å². The van der Waals surface area contributed by atoms with E-state index in [4.69, 9.17) is 5.73 Å². The van der Waals surface area contributed by atoms with E-state index in [2.05, 4.69) is 0 Å². The normalized spacial score (nSPS) is 10.2. The van der Waals surface area contributed by atoms with Gasteiger partial charge in [-0.2, -0.15) is 0 Å². The van der Waals surface area contributed by atoms with Crippen molar-refractivity contribution in [3.05, 3.63) is 63.7 Å². The number of nitro groups is 1. The Bertz CT molecular complexity index is 696. The van der Waals surface area contributed by atoms with Gasteiger partial charge in [0.05, 0.1) is 4.92 Å². The molecule has 0 radical (unpaired) electrons. The minimum absolute atomic E-state index is 0.0141. The lowest BCUT2D eigenvalue weighted by Crippen LogP contribution is -2.27. The highest BCUT2D eigenvalue weighted by atomic mass is 16.6. The molecule has 2 aromatic carbocycles. The number of nitro benzene ring substituents is 1. The van der Waals surface area contributed by atoms with Crippen molar-refractivity contribution in [2.24, 2.45) is 0 Å². The Labute approximate surface area is 121 Å². The predicted molar refractivity (Wildman–Crippen MR) is 81.4 cm³/mol. The Kier molecular flexibility index (Phi) is 3.89. The zero-order valence-electron chi connectivity index (χ0n) is 11.7. The van der Waals surface area contributed by atoms with Gasteiger partial charge in [0.2, 0.25) is 0 Å². The second-order valence-electron chi connectivity index (χ2n) is 4.66. The maximum absolute atomic E-state index is 12.5. The molecule has 0 atom stereocenters. The molecular formula is C15H15N3O3. The molecule has 1 amide bonds. The van der Waals surface area contributed by atoms with Gasteiger partial charge in [-0.1, -0.05) is 6.07 Å². The molecule has 2 N–H and O–H groups in total. The Hall–Kier alpha value is -2.89. The first-order valence-corrected chi connectivity index (χ1v) is 6.29. The number of amides is 1. The van der Waals surface area contributed by atoms with E-state index in [1.165, 1.54) is 29.2 Å². The number of hydrogen-bond acceptors (Lipinski definition) is 4. The van der Waals surface area contributed by atoms with Crippen molar-refractivity contribution in [3.63, 3.8) is 0 Å². The summed E-state index contributed by atoms with van der Waals surface area (Å²) in [5.41, 5.74) is 8.15. The third-order valence-electron chi connectivity index (χ3n) is 3.36. The third kappa shape index (κ3) is 2.84. The van der Waals surface area contributed by atoms with Crippen LogP contribution >= 0.6 is 0 Å². The summed E-state index contributed by atoms with van der Waals surface area (Å²) in [6.45, 7) is 1.78. The van der Waals surface area contributed by atoms with E-state index in [1.54, 1.807) is 32.2 Å². The number of benzene rings is 2. The molecule has 0 bridgehead atoms. The molecule has 0 saturated carbocycles. The van der Waals surface area contributed by atoms with Crippen molar-refractivity contribution in [1.82, 2.24) is 0 Å². The van der Waals surface area contributed by atoms with Crippen LogP contribution in [0.4, 0.5) is 17.1 Å². The van der Waals surface area contributed by atoms with Crippen LogP contribution in [0, 0.1) is 17.0 Å². The molecule has 108 valence electrons. The zero-order chi connectivity index (χ0) is 15.6. The van der Waals surface area contributed by atoms with Gasteiger partial charge in [-0.25, -0.2) is 0 Å². The van der Waals surface area contributed by atoms with Gasteiger partial charge in [0.15, 0.2) is 0 Å². The summed E-state index contributed by atoms with van der Waals surface area (Å²) in [6.07, 6.45) is 0. The fourth-order valence-corrected chi connectivity index (χ4v) is 1.98. The number of nitrogens with zero attached hydrogens (tertiary/aromatic N) is 2. The molecule has 6 heteroatoms. The average Bonchev–Trinajstić information content (AvgIpc) is 2.48. The third-order valence-corrected chi connectivity index (χ3v) is 3.36. The number of carbonyl (C=O) groups excluding carboxylic acids is 1. The highest BCUT2D eigenvalue weighted by Gasteiger charge is 2.17. The highest BCUT2D eigenvalue weighted by molar-refractivity contribution is 6.07. The van der Waals surface area contributed by atoms with Crippen molar-refractivity contribution in [1.29, 1.82) is 0 Å². The maximum atomic E-state index is 12.5. The molecule has 2 rings (SSSR count). The van der Waals surface area contributed by atoms with Crippen LogP contribution in [0.25, 0.3) is 0 Å². The number of anilines is 2. The molecule has 21 heavy (non-hydrogen) atoms. The molecule has 0 unspecified atom stereocenters. The van der Waals surface area contributed by atoms with Gasteiger partial charge in [0.25, 0.3) is 11.6 Å². The predicted octanol–water partition coefficient (Wildman–Crippen LogP) is 2.76. The molecule has 0 aliphatic carbocycles. The second kappa shape index (κ2) is 5.62. The number of hydrogen-bond donors (Lipinski definition) is 1. The molecule has 2 aromatic rings. The smallest absolute Gasteiger partial charge is 0.269 e. The minimum Gasteiger partial charge on any atom is -0.398 e. The van der Waals surface area contributed by atoms with Crippen molar-refractivity contribution in [2.45, 2.75) is 6.92 Å². The van der Waals surface area contributed by atoms with E-state index in [-0.39, 0.29) is 11.6 Å². The zero-order valence-corrected chi connectivity index (χ0v) is 11.7. The van der Waals surface area contributed by atoms with Crippen LogP contribution in [0.5, 0.6) is 0 Å². The van der Waals surface area contributed by atoms with Gasteiger partial charge in [0.1, 0.15) is 0 Å². The second-order valence-corrected chi connectivity index (χ2v) is 4.66. The molecule has 0 aliphatic rings. The quantitative estimate of drug-likeness (QED) is 0.533. The van der Waals surface area contributed by atoms with Crippen molar-refractivity contribution in [3.8, 4) is 0 Å². The van der Waals surface area contributed by atoms with Gasteiger partial charge < -0.3 is 10.6 Å². The van der Waals surface area contributed by atoms with Crippen LogP contribution in [0.15, 0.2) is 42.5 Å². The Balaban J connectivity index is 2.30. The van der Waals surface area contributed by atoms with E-state index in [0.29, 0.717) is 16.9 Å². The Morgan fingerprint density at radius 2 is 1.81 bits per heavy atom. The number of nitrogens with two attached hydrogens (primary N) is 1. The van der Waals surface area contributed by atoms with Crippen LogP contribution in [-0.2, 0) is 0 Å². The number of carbonyl (C=O) groups is 1. The lowest BCUT2D eigenvalue weighted by molar-refractivity contribution is -0.384. The molecular weight excluding hydrogens is 270 g/mol. The molecule has 6 nitrogen and oxygen atoms in total. The topological polar surface area (TPSA) is 89.5 Å². The van der Waals surface area contributed by atoms with Crippen molar-refractivity contribution < 1.29 is 9.72 Å². The molecule has 0 spiro atoms. The van der Waals surface area contributed by atoms with E-state index in [1.807, 2.05) is 0 Å². The summed E-state index contributed by atoms with van der Waals surface area (Å²) in [5, 5.41) is 10.6. The SMILES string of the molecule is Cc1c(N)cccc1C(=O)N(C)c1ccc([N+](=O)[O-])cc1. The Morgan fingerprint density at radius 3 is 2.38 bits per heavy atom. The summed E-state index contributed by atoms with van der Waals surface area (Å²) in [5.74, 6) is -0.214. The van der Waals surface area contributed by atoms with Crippen LogP contribution in [-0.4, -0.2) is 17.9 Å². The van der Waals surface area contributed by atoms with Crippen LogP contribution in [0.3, 0.4) is 0 Å². The van der Waals surface area contributed by atoms with Gasteiger partial charge in [-0.15, -0.1) is 0 Å². The molecule has 0 aromatic heterocycles. The van der Waals surface area contributed by atoms with Gasteiger partial charge in [-0.05, 0) is 36.8 Å². The number of nitrogen functional groups attached to an aromatic ring is 1. The van der Waals surface area contributed by atoms with E-state index < -0.39 is 4.92 Å². The van der Waals surface area contributed by atoms with Gasteiger partial charge in [-0.3, -0.25) is 14.9 Å². The summed E-state index contributed by atoms with van der Waals surface area (Å²) < 4.78 is 0. The number of non-ortho nitro benzene ring substituents is 1. The Morgan fingerprint density at radius 1 is 1.19 bits per heavy atom. The van der Waals surface area contributed by atoms with Crippen molar-refractivity contribution >= 4 is 23.0 Å². The minimum atomic E-state index is -0.479. The van der Waals surface area contributed by atoms with Gasteiger partial charge >= 0.3 is 0 Å². The lowest BCUT2D eigenvalue weighted by atomic mass is 10.1. The molecule has 0 saturated heterocycles. The fourth-order valence-electron chi connectivity index (χ4n) is 1.98. The molecule has 0 heterocycles. The standard InChI is InChI=1S/C15H15N3O3/c1-10-13(4-3-5-14(10)16)15(19)17(2)11-6-8-12(9-7-11)18(20)21/h3-9H,16H2,1-2H3. The molecule has 0 fully saturated rings. The maximum Gasteiger partial charge on any atom is 0.269 e. The molecule has 0 aliphatic heterocycles. The van der Waals surface area contributed by atoms with E-state index in [9.17, 15) is 14.9 Å². The summed E-state index contributed by atoms with van der Waals surface area (Å²) in [4.78, 5) is 24.1. The van der Waals surface area contributed by atoms with Crippen LogP contribution in [0.2, 0.25) is 0 Å². The van der Waals surface area contributed by atoms with Gasteiger partial charge in [0, 0.05) is 36.1 Å². The first-order valence-electron chi connectivity index (χ1n) is 6.29. The number of rotatable bonds is 3. The summed E-state index contributed by atoms with van der Waals surface area (Å²) in [6, 6.07) is 11.0. The first-order chi connectivity index (χ1) is 9.91. The largest absolute Gasteiger partial charge is 0.398 e. The first kappa shape index (κ1) is 14.5.